The molecule has 0 aliphatic rings. The lowest BCUT2D eigenvalue weighted by Crippen LogP contribution is -1.98. The normalized spacial score (nSPS) is 10.8. The van der Waals surface area contributed by atoms with E-state index in [1.54, 1.807) is 18.2 Å². The Hall–Kier alpha value is -1.92. The maximum atomic E-state index is 11.1. The number of fused-ring (bicyclic) bond motifs is 1. The van der Waals surface area contributed by atoms with Gasteiger partial charge in [-0.2, -0.15) is 0 Å². The van der Waals surface area contributed by atoms with Crippen LogP contribution in [0.25, 0.3) is 11.0 Å². The summed E-state index contributed by atoms with van der Waals surface area (Å²) in [6.07, 6.45) is 0. The Morgan fingerprint density at radius 3 is 2.95 bits per heavy atom. The Morgan fingerprint density at radius 2 is 2.16 bits per heavy atom. The summed E-state index contributed by atoms with van der Waals surface area (Å²) in [5, 5.41) is 4.68. The van der Waals surface area contributed by atoms with Crippen LogP contribution >= 0.6 is 23.1 Å². The second-order valence-corrected chi connectivity index (χ2v) is 5.09. The van der Waals surface area contributed by atoms with Crippen LogP contribution in [0.2, 0.25) is 4.34 Å². The number of rotatable bonds is 3. The Kier molecular flexibility index (Phi) is 3.18. The molecule has 2 aromatic heterocycles. The second kappa shape index (κ2) is 4.99. The van der Waals surface area contributed by atoms with Crippen molar-refractivity contribution in [1.29, 1.82) is 0 Å². The molecule has 0 N–H and O–H groups in total. The average Bonchev–Trinajstić information content (AvgIpc) is 2.81. The monoisotopic (exact) mass is 294 g/mol. The fraction of sp³-hybridized carbons (Fsp3) is 0.0833. The van der Waals surface area contributed by atoms with Crippen molar-refractivity contribution >= 4 is 34.1 Å². The predicted octanol–water partition coefficient (Wildman–Crippen LogP) is 2.88. The van der Waals surface area contributed by atoms with Gasteiger partial charge in [0, 0.05) is 29.1 Å². The van der Waals surface area contributed by atoms with Crippen molar-refractivity contribution in [1.82, 2.24) is 9.59 Å². The van der Waals surface area contributed by atoms with E-state index < -0.39 is 5.63 Å². The van der Waals surface area contributed by atoms with Gasteiger partial charge in [-0.25, -0.2) is 4.79 Å². The fourth-order valence-corrected chi connectivity index (χ4v) is 2.17. The summed E-state index contributed by atoms with van der Waals surface area (Å²) in [6, 6.07) is 8.34. The molecule has 3 aromatic rings. The van der Waals surface area contributed by atoms with Crippen LogP contribution in [0, 0.1) is 0 Å². The molecule has 0 aliphatic heterocycles. The van der Waals surface area contributed by atoms with E-state index in [9.17, 15) is 4.79 Å². The van der Waals surface area contributed by atoms with Crippen LogP contribution in [-0.4, -0.2) is 9.59 Å². The van der Waals surface area contributed by atoms with E-state index in [0.29, 0.717) is 21.4 Å². The van der Waals surface area contributed by atoms with E-state index in [2.05, 4.69) is 9.59 Å². The van der Waals surface area contributed by atoms with E-state index in [0.717, 1.165) is 16.9 Å². The summed E-state index contributed by atoms with van der Waals surface area (Å²) >= 11 is 6.98. The van der Waals surface area contributed by atoms with Crippen molar-refractivity contribution < 1.29 is 9.15 Å². The highest BCUT2D eigenvalue weighted by atomic mass is 35.5. The van der Waals surface area contributed by atoms with Gasteiger partial charge in [-0.15, -0.1) is 5.10 Å². The number of hydrogen-bond acceptors (Lipinski definition) is 6. The largest absolute Gasteiger partial charge is 0.487 e. The summed E-state index contributed by atoms with van der Waals surface area (Å²) in [6.45, 7) is 0.220. The number of benzene rings is 1. The molecule has 0 bridgehead atoms. The molecule has 96 valence electrons. The average molecular weight is 295 g/mol. The maximum Gasteiger partial charge on any atom is 0.336 e. The van der Waals surface area contributed by atoms with Gasteiger partial charge in [0.15, 0.2) is 0 Å². The lowest BCUT2D eigenvalue weighted by Gasteiger charge is -2.04. The van der Waals surface area contributed by atoms with Gasteiger partial charge >= 0.3 is 5.63 Å². The molecule has 0 amide bonds. The molecule has 0 spiro atoms. The molecule has 0 saturated heterocycles. The highest BCUT2D eigenvalue weighted by Crippen LogP contribution is 2.22. The molecule has 0 aliphatic carbocycles. The van der Waals surface area contributed by atoms with Crippen LogP contribution in [-0.2, 0) is 6.61 Å². The highest BCUT2D eigenvalue weighted by Gasteiger charge is 2.07. The van der Waals surface area contributed by atoms with E-state index in [4.69, 9.17) is 20.8 Å². The van der Waals surface area contributed by atoms with Gasteiger partial charge in [0.25, 0.3) is 0 Å². The molecule has 3 rings (SSSR count). The molecule has 19 heavy (non-hydrogen) atoms. The third-order valence-electron chi connectivity index (χ3n) is 2.48. The first-order valence-electron chi connectivity index (χ1n) is 5.36. The molecule has 0 unspecified atom stereocenters. The smallest absolute Gasteiger partial charge is 0.336 e. The lowest BCUT2D eigenvalue weighted by molar-refractivity contribution is 0.301. The Morgan fingerprint density at radius 1 is 1.32 bits per heavy atom. The number of nitrogens with zero attached hydrogens (tertiary/aromatic N) is 2. The van der Waals surface area contributed by atoms with Crippen molar-refractivity contribution in [2.24, 2.45) is 0 Å². The Balaban J connectivity index is 1.85. The van der Waals surface area contributed by atoms with Crippen LogP contribution in [0.4, 0.5) is 0 Å². The summed E-state index contributed by atoms with van der Waals surface area (Å²) < 4.78 is 14.8. The highest BCUT2D eigenvalue weighted by molar-refractivity contribution is 7.10. The summed E-state index contributed by atoms with van der Waals surface area (Å²) in [5.41, 5.74) is 0.671. The van der Waals surface area contributed by atoms with E-state index in [1.807, 2.05) is 6.07 Å². The van der Waals surface area contributed by atoms with Crippen molar-refractivity contribution in [2.45, 2.75) is 6.61 Å². The molecule has 0 fully saturated rings. The summed E-state index contributed by atoms with van der Waals surface area (Å²) in [7, 11) is 0. The van der Waals surface area contributed by atoms with Gasteiger partial charge in [-0.1, -0.05) is 16.1 Å². The topological polar surface area (TPSA) is 65.2 Å². The number of ether oxygens (including phenoxy) is 1. The lowest BCUT2D eigenvalue weighted by atomic mass is 10.2. The zero-order chi connectivity index (χ0) is 13.2. The minimum Gasteiger partial charge on any atom is -0.487 e. The molecular weight excluding hydrogens is 288 g/mol. The molecule has 0 atom stereocenters. The van der Waals surface area contributed by atoms with Gasteiger partial charge in [0.05, 0.1) is 0 Å². The zero-order valence-electron chi connectivity index (χ0n) is 9.50. The first-order valence-corrected chi connectivity index (χ1v) is 6.51. The predicted molar refractivity (Wildman–Crippen MR) is 71.7 cm³/mol. The minimum absolute atomic E-state index is 0.220. The van der Waals surface area contributed by atoms with Gasteiger partial charge < -0.3 is 9.15 Å². The van der Waals surface area contributed by atoms with Crippen LogP contribution in [0.15, 0.2) is 39.5 Å². The van der Waals surface area contributed by atoms with Crippen LogP contribution in [0.1, 0.15) is 5.69 Å². The number of halogens is 1. The standard InChI is InChI=1S/C12H7ClN2O3S/c13-12-9(14-15-19-12)6-17-8-3-1-7-2-4-11(16)18-10(7)5-8/h1-5H,6H2. The molecular formula is C12H7ClN2O3S. The Labute approximate surface area is 116 Å². The van der Waals surface area contributed by atoms with Crippen LogP contribution in [0.3, 0.4) is 0 Å². The SMILES string of the molecule is O=c1ccc2ccc(OCc3nnsc3Cl)cc2o1. The van der Waals surface area contributed by atoms with Crippen LogP contribution in [0.5, 0.6) is 5.75 Å². The first-order chi connectivity index (χ1) is 9.22. The number of hydrogen-bond donors (Lipinski definition) is 0. The van der Waals surface area contributed by atoms with Crippen LogP contribution < -0.4 is 10.4 Å². The maximum absolute atomic E-state index is 11.1. The van der Waals surface area contributed by atoms with Crippen molar-refractivity contribution in [3.05, 3.63) is 50.8 Å². The zero-order valence-corrected chi connectivity index (χ0v) is 11.1. The molecule has 0 radical (unpaired) electrons. The second-order valence-electron chi connectivity index (χ2n) is 3.74. The fourth-order valence-electron chi connectivity index (χ4n) is 1.57. The molecule has 5 nitrogen and oxygen atoms in total. The molecule has 2 heterocycles. The summed E-state index contributed by atoms with van der Waals surface area (Å²) in [4.78, 5) is 11.1. The summed E-state index contributed by atoms with van der Waals surface area (Å²) in [5.74, 6) is 0.575. The van der Waals surface area contributed by atoms with Crippen molar-refractivity contribution in [3.63, 3.8) is 0 Å². The molecule has 1 aromatic carbocycles. The quantitative estimate of drug-likeness (QED) is 0.695. The molecule has 0 saturated carbocycles. The van der Waals surface area contributed by atoms with E-state index >= 15 is 0 Å². The Bertz CT molecular complexity index is 784. The third-order valence-corrected chi connectivity index (χ3v) is 3.46. The van der Waals surface area contributed by atoms with Gasteiger partial charge in [0.1, 0.15) is 28.0 Å². The first kappa shape index (κ1) is 12.1. The van der Waals surface area contributed by atoms with Gasteiger partial charge in [0.2, 0.25) is 0 Å². The third kappa shape index (κ3) is 2.59. The molecule has 7 heteroatoms. The number of aromatic nitrogens is 2. The van der Waals surface area contributed by atoms with E-state index in [1.165, 1.54) is 6.07 Å². The van der Waals surface area contributed by atoms with Gasteiger partial charge in [-0.3, -0.25) is 0 Å². The minimum atomic E-state index is -0.392. The van der Waals surface area contributed by atoms with Crippen molar-refractivity contribution in [2.75, 3.05) is 0 Å². The van der Waals surface area contributed by atoms with E-state index in [-0.39, 0.29) is 6.61 Å². The van der Waals surface area contributed by atoms with Gasteiger partial charge in [-0.05, 0) is 18.2 Å². The van der Waals surface area contributed by atoms with Crippen molar-refractivity contribution in [3.8, 4) is 5.75 Å².